The lowest BCUT2D eigenvalue weighted by molar-refractivity contribution is 0.288. The lowest BCUT2D eigenvalue weighted by Gasteiger charge is -2.15. The molecule has 0 aliphatic carbocycles. The lowest BCUT2D eigenvalue weighted by Crippen LogP contribution is -2.09. The molecule has 2 aromatic rings. The van der Waals surface area contributed by atoms with Crippen LogP contribution in [0.4, 0.5) is 0 Å². The topological polar surface area (TPSA) is 62.3 Å². The second kappa shape index (κ2) is 5.96. The predicted octanol–water partition coefficient (Wildman–Crippen LogP) is 2.34. The van der Waals surface area contributed by atoms with Crippen molar-refractivity contribution in [3.63, 3.8) is 0 Å². The molecular formula is C15H21N3O2. The van der Waals surface area contributed by atoms with Gasteiger partial charge in [0, 0.05) is 24.7 Å². The maximum absolute atomic E-state index is 5.97. The number of aryl methyl sites for hydroxylation is 2. The first-order chi connectivity index (χ1) is 9.51. The van der Waals surface area contributed by atoms with E-state index in [1.807, 2.05) is 49.8 Å². The normalized spacial score (nSPS) is 12.2. The smallest absolute Gasteiger partial charge is 0.130 e. The van der Waals surface area contributed by atoms with Crippen molar-refractivity contribution in [1.29, 1.82) is 0 Å². The van der Waals surface area contributed by atoms with E-state index in [0.717, 1.165) is 28.5 Å². The summed E-state index contributed by atoms with van der Waals surface area (Å²) in [5.41, 5.74) is 8.92. The number of methoxy groups -OCH3 is 1. The number of rotatable bonds is 5. The summed E-state index contributed by atoms with van der Waals surface area (Å²) in [6.45, 7) is 4.34. The third-order valence-corrected chi connectivity index (χ3v) is 3.19. The van der Waals surface area contributed by atoms with E-state index in [0.29, 0.717) is 6.61 Å². The van der Waals surface area contributed by atoms with Crippen molar-refractivity contribution in [3.05, 3.63) is 41.2 Å². The van der Waals surface area contributed by atoms with Crippen LogP contribution >= 0.6 is 0 Å². The summed E-state index contributed by atoms with van der Waals surface area (Å²) < 4.78 is 13.0. The number of hydrogen-bond acceptors (Lipinski definition) is 4. The second-order valence-corrected chi connectivity index (χ2v) is 4.88. The number of benzene rings is 1. The molecule has 1 aromatic carbocycles. The fourth-order valence-electron chi connectivity index (χ4n) is 2.09. The first kappa shape index (κ1) is 14.4. The van der Waals surface area contributed by atoms with Gasteiger partial charge in [-0.05, 0) is 26.0 Å². The van der Waals surface area contributed by atoms with E-state index < -0.39 is 0 Å². The van der Waals surface area contributed by atoms with Gasteiger partial charge in [-0.1, -0.05) is 6.07 Å². The van der Waals surface area contributed by atoms with Gasteiger partial charge in [0.25, 0.3) is 0 Å². The second-order valence-electron chi connectivity index (χ2n) is 4.88. The third kappa shape index (κ3) is 3.11. The van der Waals surface area contributed by atoms with E-state index in [1.165, 1.54) is 0 Å². The largest absolute Gasteiger partial charge is 0.497 e. The first-order valence-electron chi connectivity index (χ1n) is 6.57. The molecule has 0 radical (unpaired) electrons. The summed E-state index contributed by atoms with van der Waals surface area (Å²) in [5, 5.41) is 4.30. The highest BCUT2D eigenvalue weighted by Crippen LogP contribution is 2.29. The molecule has 0 spiro atoms. The van der Waals surface area contributed by atoms with Gasteiger partial charge in [0.2, 0.25) is 0 Å². The van der Waals surface area contributed by atoms with Crippen LogP contribution in [0.15, 0.2) is 24.3 Å². The molecule has 0 fully saturated rings. The van der Waals surface area contributed by atoms with Crippen LogP contribution in [0, 0.1) is 6.92 Å². The average molecular weight is 275 g/mol. The summed E-state index contributed by atoms with van der Waals surface area (Å²) in [7, 11) is 3.54. The Morgan fingerprint density at radius 3 is 2.65 bits per heavy atom. The highest BCUT2D eigenvalue weighted by atomic mass is 16.5. The number of ether oxygens (including phenoxy) is 2. The molecular weight excluding hydrogens is 254 g/mol. The van der Waals surface area contributed by atoms with E-state index in [4.69, 9.17) is 15.2 Å². The minimum Gasteiger partial charge on any atom is -0.497 e. The summed E-state index contributed by atoms with van der Waals surface area (Å²) in [6, 6.07) is 7.60. The molecule has 0 amide bonds. The van der Waals surface area contributed by atoms with Crippen molar-refractivity contribution < 1.29 is 9.47 Å². The van der Waals surface area contributed by atoms with Crippen LogP contribution in [0.3, 0.4) is 0 Å². The SMILES string of the molecule is COc1ccc(C(C)N)c(OCc2cc(C)nn2C)c1. The molecule has 2 N–H and O–H groups in total. The quantitative estimate of drug-likeness (QED) is 0.909. The number of nitrogens with zero attached hydrogens (tertiary/aromatic N) is 2. The molecule has 0 bridgehead atoms. The zero-order valence-electron chi connectivity index (χ0n) is 12.4. The van der Waals surface area contributed by atoms with Gasteiger partial charge >= 0.3 is 0 Å². The van der Waals surface area contributed by atoms with Crippen molar-refractivity contribution in [1.82, 2.24) is 9.78 Å². The zero-order chi connectivity index (χ0) is 14.7. The van der Waals surface area contributed by atoms with E-state index in [-0.39, 0.29) is 6.04 Å². The zero-order valence-corrected chi connectivity index (χ0v) is 12.4. The van der Waals surface area contributed by atoms with E-state index >= 15 is 0 Å². The summed E-state index contributed by atoms with van der Waals surface area (Å²) in [5.74, 6) is 1.50. The van der Waals surface area contributed by atoms with Crippen LogP contribution < -0.4 is 15.2 Å². The van der Waals surface area contributed by atoms with Gasteiger partial charge in [-0.2, -0.15) is 5.10 Å². The highest BCUT2D eigenvalue weighted by Gasteiger charge is 2.11. The molecule has 1 aromatic heterocycles. The van der Waals surface area contributed by atoms with Gasteiger partial charge in [0.05, 0.1) is 18.5 Å². The Kier molecular flexibility index (Phi) is 4.29. The van der Waals surface area contributed by atoms with E-state index in [2.05, 4.69) is 5.10 Å². The molecule has 0 aliphatic heterocycles. The van der Waals surface area contributed by atoms with Crippen molar-refractivity contribution in [2.24, 2.45) is 12.8 Å². The molecule has 2 rings (SSSR count). The minimum atomic E-state index is -0.0934. The average Bonchev–Trinajstić information content (AvgIpc) is 2.74. The molecule has 0 saturated heterocycles. The van der Waals surface area contributed by atoms with Crippen LogP contribution in [0.25, 0.3) is 0 Å². The van der Waals surface area contributed by atoms with Crippen LogP contribution in [0.2, 0.25) is 0 Å². The van der Waals surface area contributed by atoms with E-state index in [1.54, 1.807) is 7.11 Å². The Morgan fingerprint density at radius 1 is 1.35 bits per heavy atom. The number of hydrogen-bond donors (Lipinski definition) is 1. The maximum atomic E-state index is 5.97. The van der Waals surface area contributed by atoms with Gasteiger partial charge < -0.3 is 15.2 Å². The summed E-state index contributed by atoms with van der Waals surface area (Å²) in [4.78, 5) is 0. The fraction of sp³-hybridized carbons (Fsp3) is 0.400. The molecule has 108 valence electrons. The molecule has 5 heteroatoms. The number of nitrogens with two attached hydrogens (primary N) is 1. The first-order valence-corrected chi connectivity index (χ1v) is 6.57. The van der Waals surface area contributed by atoms with Crippen LogP contribution in [-0.2, 0) is 13.7 Å². The van der Waals surface area contributed by atoms with Crippen molar-refractivity contribution >= 4 is 0 Å². The summed E-state index contributed by atoms with van der Waals surface area (Å²) >= 11 is 0. The predicted molar refractivity (Wildman–Crippen MR) is 77.9 cm³/mol. The van der Waals surface area contributed by atoms with Crippen LogP contribution in [0.5, 0.6) is 11.5 Å². The molecule has 0 saturated carbocycles. The van der Waals surface area contributed by atoms with Gasteiger partial charge in [-0.15, -0.1) is 0 Å². The molecule has 1 heterocycles. The molecule has 5 nitrogen and oxygen atoms in total. The van der Waals surface area contributed by atoms with Crippen molar-refractivity contribution in [3.8, 4) is 11.5 Å². The fourth-order valence-corrected chi connectivity index (χ4v) is 2.09. The van der Waals surface area contributed by atoms with Crippen molar-refractivity contribution in [2.75, 3.05) is 7.11 Å². The standard InChI is InChI=1S/C15H21N3O2/c1-10-7-12(18(3)17-10)9-20-15-8-13(19-4)5-6-14(15)11(2)16/h5-8,11H,9,16H2,1-4H3. The Labute approximate surface area is 119 Å². The number of aromatic nitrogens is 2. The van der Waals surface area contributed by atoms with Crippen LogP contribution in [0.1, 0.15) is 29.9 Å². The van der Waals surface area contributed by atoms with Gasteiger partial charge in [-0.3, -0.25) is 4.68 Å². The maximum Gasteiger partial charge on any atom is 0.130 e. The highest BCUT2D eigenvalue weighted by molar-refractivity contribution is 5.42. The Morgan fingerprint density at radius 2 is 2.10 bits per heavy atom. The Hall–Kier alpha value is -2.01. The molecule has 1 atom stereocenters. The van der Waals surface area contributed by atoms with Gasteiger partial charge in [-0.25, -0.2) is 0 Å². The van der Waals surface area contributed by atoms with Crippen molar-refractivity contribution in [2.45, 2.75) is 26.5 Å². The minimum absolute atomic E-state index is 0.0934. The third-order valence-electron chi connectivity index (χ3n) is 3.19. The van der Waals surface area contributed by atoms with Gasteiger partial charge in [0.15, 0.2) is 0 Å². The Balaban J connectivity index is 2.21. The summed E-state index contributed by atoms with van der Waals surface area (Å²) in [6.07, 6.45) is 0. The molecule has 0 aliphatic rings. The van der Waals surface area contributed by atoms with Gasteiger partial charge in [0.1, 0.15) is 18.1 Å². The lowest BCUT2D eigenvalue weighted by atomic mass is 10.1. The monoisotopic (exact) mass is 275 g/mol. The molecule has 1 unspecified atom stereocenters. The Bertz CT molecular complexity index is 591. The molecule has 20 heavy (non-hydrogen) atoms. The van der Waals surface area contributed by atoms with Crippen LogP contribution in [-0.4, -0.2) is 16.9 Å². The van der Waals surface area contributed by atoms with E-state index in [9.17, 15) is 0 Å².